The Morgan fingerprint density at radius 2 is 1.85 bits per heavy atom. The predicted octanol–water partition coefficient (Wildman–Crippen LogP) is 3.31. The Balaban J connectivity index is 2.44. The van der Waals surface area contributed by atoms with Gasteiger partial charge in [-0.1, -0.05) is 11.6 Å². The van der Waals surface area contributed by atoms with E-state index >= 15 is 0 Å². The van der Waals surface area contributed by atoms with Crippen LogP contribution in [0, 0.1) is 19.7 Å². The third-order valence-corrected chi connectivity index (χ3v) is 3.53. The average molecular weight is 294 g/mol. The summed E-state index contributed by atoms with van der Waals surface area (Å²) in [5.74, 6) is 0.177. The van der Waals surface area contributed by atoms with E-state index < -0.39 is 0 Å². The van der Waals surface area contributed by atoms with Crippen LogP contribution in [0.4, 0.5) is 4.39 Å². The lowest BCUT2D eigenvalue weighted by Gasteiger charge is -2.11. The van der Waals surface area contributed by atoms with Gasteiger partial charge in [0.1, 0.15) is 5.82 Å². The van der Waals surface area contributed by atoms with Crippen molar-refractivity contribution >= 4 is 11.6 Å². The van der Waals surface area contributed by atoms with Crippen molar-refractivity contribution in [3.8, 4) is 11.4 Å². The van der Waals surface area contributed by atoms with E-state index in [9.17, 15) is 4.39 Å². The number of benzene rings is 1. The molecule has 1 heterocycles. The summed E-state index contributed by atoms with van der Waals surface area (Å²) in [6.07, 6.45) is 0.881. The molecule has 0 aliphatic carbocycles. The second-order valence-electron chi connectivity index (χ2n) is 4.67. The van der Waals surface area contributed by atoms with Gasteiger partial charge in [-0.15, -0.1) is 0 Å². The number of hydrogen-bond acceptors (Lipinski definition) is 3. The molecule has 0 fully saturated rings. The van der Waals surface area contributed by atoms with Crippen molar-refractivity contribution in [3.63, 3.8) is 0 Å². The lowest BCUT2D eigenvalue weighted by Crippen LogP contribution is -2.13. The Kier molecular flexibility index (Phi) is 4.68. The first kappa shape index (κ1) is 14.9. The molecule has 0 spiro atoms. The first-order valence-electron chi connectivity index (χ1n) is 6.47. The minimum atomic E-state index is -0.363. The van der Waals surface area contributed by atoms with Crippen molar-refractivity contribution in [3.05, 3.63) is 46.0 Å². The summed E-state index contributed by atoms with van der Waals surface area (Å²) in [5.41, 5.74) is 3.66. The molecule has 2 rings (SSSR count). The topological polar surface area (TPSA) is 37.8 Å². The number of hydrogen-bond donors (Lipinski definition) is 1. The van der Waals surface area contributed by atoms with E-state index in [1.165, 1.54) is 12.1 Å². The zero-order chi connectivity index (χ0) is 14.7. The van der Waals surface area contributed by atoms with Crippen molar-refractivity contribution in [1.82, 2.24) is 15.3 Å². The van der Waals surface area contributed by atoms with E-state index in [2.05, 4.69) is 15.3 Å². The highest BCUT2D eigenvalue weighted by molar-refractivity contribution is 6.33. The average Bonchev–Trinajstić information content (AvgIpc) is 2.37. The summed E-state index contributed by atoms with van der Waals surface area (Å²) in [6.45, 7) is 4.79. The van der Waals surface area contributed by atoms with E-state index in [-0.39, 0.29) is 5.82 Å². The van der Waals surface area contributed by atoms with Gasteiger partial charge in [0.25, 0.3) is 0 Å². The minimum Gasteiger partial charge on any atom is -0.319 e. The van der Waals surface area contributed by atoms with Gasteiger partial charge < -0.3 is 5.32 Å². The maximum Gasteiger partial charge on any atom is 0.161 e. The van der Waals surface area contributed by atoms with Crippen LogP contribution in [0.2, 0.25) is 5.02 Å². The number of rotatable bonds is 4. The second-order valence-corrected chi connectivity index (χ2v) is 5.08. The lowest BCUT2D eigenvalue weighted by molar-refractivity contribution is 0.628. The van der Waals surface area contributed by atoms with Crippen LogP contribution in [0.25, 0.3) is 11.4 Å². The van der Waals surface area contributed by atoms with Crippen molar-refractivity contribution < 1.29 is 4.39 Å². The van der Waals surface area contributed by atoms with Crippen LogP contribution in [0.3, 0.4) is 0 Å². The van der Waals surface area contributed by atoms with E-state index in [0.29, 0.717) is 16.4 Å². The quantitative estimate of drug-likeness (QED) is 0.940. The Bertz CT molecular complexity index is 606. The smallest absolute Gasteiger partial charge is 0.161 e. The fourth-order valence-electron chi connectivity index (χ4n) is 2.14. The number of likely N-dealkylation sites (N-methyl/N-ethyl adjacent to an activating group) is 1. The van der Waals surface area contributed by atoms with Gasteiger partial charge in [-0.05, 0) is 57.6 Å². The number of nitrogens with one attached hydrogen (secondary N) is 1. The van der Waals surface area contributed by atoms with Crippen LogP contribution in [-0.4, -0.2) is 23.6 Å². The van der Waals surface area contributed by atoms with Crippen LogP contribution in [0.5, 0.6) is 0 Å². The van der Waals surface area contributed by atoms with E-state index in [4.69, 9.17) is 11.6 Å². The summed E-state index contributed by atoms with van der Waals surface area (Å²) in [5, 5.41) is 3.44. The highest BCUT2D eigenvalue weighted by atomic mass is 35.5. The normalized spacial score (nSPS) is 10.8. The molecule has 2 aromatic rings. The number of nitrogens with zero attached hydrogens (tertiary/aromatic N) is 2. The minimum absolute atomic E-state index is 0.326. The first-order valence-corrected chi connectivity index (χ1v) is 6.85. The zero-order valence-electron chi connectivity index (χ0n) is 11.8. The Morgan fingerprint density at radius 1 is 1.20 bits per heavy atom. The number of halogens is 2. The largest absolute Gasteiger partial charge is 0.319 e. The summed E-state index contributed by atoms with van der Waals surface area (Å²) < 4.78 is 13.1. The molecule has 0 aliphatic rings. The SMILES string of the molecule is CNCCc1c(C)nc(-c2ccc(F)cc2Cl)nc1C. The zero-order valence-corrected chi connectivity index (χ0v) is 12.6. The van der Waals surface area contributed by atoms with Gasteiger partial charge in [0.05, 0.1) is 5.02 Å². The molecule has 106 valence electrons. The molecule has 1 N–H and O–H groups in total. The molecule has 20 heavy (non-hydrogen) atoms. The predicted molar refractivity (Wildman–Crippen MR) is 79.5 cm³/mol. The Morgan fingerprint density at radius 3 is 2.40 bits per heavy atom. The Labute approximate surface area is 123 Å². The summed E-state index contributed by atoms with van der Waals surface area (Å²) in [6, 6.07) is 4.25. The molecule has 0 amide bonds. The molecule has 1 aromatic carbocycles. The highest BCUT2D eigenvalue weighted by Crippen LogP contribution is 2.27. The van der Waals surface area contributed by atoms with Gasteiger partial charge in [0, 0.05) is 17.0 Å². The summed E-state index contributed by atoms with van der Waals surface area (Å²) in [4.78, 5) is 9.00. The number of aromatic nitrogens is 2. The molecule has 0 radical (unpaired) electrons. The van der Waals surface area contributed by atoms with Crippen LogP contribution in [0.15, 0.2) is 18.2 Å². The monoisotopic (exact) mass is 293 g/mol. The molecule has 1 aromatic heterocycles. The van der Waals surface area contributed by atoms with Crippen molar-refractivity contribution in [2.45, 2.75) is 20.3 Å². The van der Waals surface area contributed by atoms with Crippen molar-refractivity contribution in [2.75, 3.05) is 13.6 Å². The highest BCUT2D eigenvalue weighted by Gasteiger charge is 2.12. The maximum absolute atomic E-state index is 13.1. The van der Waals surface area contributed by atoms with Crippen LogP contribution < -0.4 is 5.32 Å². The van der Waals surface area contributed by atoms with Crippen LogP contribution >= 0.6 is 11.6 Å². The molecule has 0 unspecified atom stereocenters. The van der Waals surface area contributed by atoms with E-state index in [1.807, 2.05) is 20.9 Å². The molecule has 5 heteroatoms. The van der Waals surface area contributed by atoms with Gasteiger partial charge in [-0.25, -0.2) is 14.4 Å². The van der Waals surface area contributed by atoms with E-state index in [1.54, 1.807) is 6.07 Å². The molecule has 3 nitrogen and oxygen atoms in total. The van der Waals surface area contributed by atoms with Crippen molar-refractivity contribution in [1.29, 1.82) is 0 Å². The van der Waals surface area contributed by atoms with Crippen LogP contribution in [-0.2, 0) is 6.42 Å². The van der Waals surface area contributed by atoms with Crippen LogP contribution in [0.1, 0.15) is 17.0 Å². The van der Waals surface area contributed by atoms with Gasteiger partial charge in [0.15, 0.2) is 5.82 Å². The third-order valence-electron chi connectivity index (χ3n) is 3.22. The maximum atomic E-state index is 13.1. The Hall–Kier alpha value is -1.52. The molecular formula is C15H17ClFN3. The standard InChI is InChI=1S/C15H17ClFN3/c1-9-12(6-7-18-3)10(2)20-15(19-9)13-5-4-11(17)8-14(13)16/h4-5,8,18H,6-7H2,1-3H3. The lowest BCUT2D eigenvalue weighted by atomic mass is 10.1. The van der Waals surface area contributed by atoms with Crippen molar-refractivity contribution in [2.24, 2.45) is 0 Å². The van der Waals surface area contributed by atoms with E-state index in [0.717, 1.165) is 29.9 Å². The first-order chi connectivity index (χ1) is 9.52. The fourth-order valence-corrected chi connectivity index (χ4v) is 2.39. The fraction of sp³-hybridized carbons (Fsp3) is 0.333. The van der Waals surface area contributed by atoms with Gasteiger partial charge in [0.2, 0.25) is 0 Å². The molecule has 0 saturated carbocycles. The summed E-state index contributed by atoms with van der Waals surface area (Å²) >= 11 is 6.06. The molecule has 0 aliphatic heterocycles. The third kappa shape index (κ3) is 3.14. The molecule has 0 bridgehead atoms. The number of aryl methyl sites for hydroxylation is 2. The van der Waals surface area contributed by atoms with Gasteiger partial charge in [-0.3, -0.25) is 0 Å². The second kappa shape index (κ2) is 6.29. The van der Waals surface area contributed by atoms with Gasteiger partial charge in [-0.2, -0.15) is 0 Å². The summed E-state index contributed by atoms with van der Waals surface area (Å²) in [7, 11) is 1.91. The molecule has 0 atom stereocenters. The van der Waals surface area contributed by atoms with Gasteiger partial charge >= 0.3 is 0 Å². The molecule has 0 saturated heterocycles. The molecular weight excluding hydrogens is 277 g/mol.